The Hall–Kier alpha value is -0.0800. The van der Waals surface area contributed by atoms with Crippen molar-refractivity contribution in [3.63, 3.8) is 0 Å². The van der Waals surface area contributed by atoms with Gasteiger partial charge in [0.1, 0.15) is 0 Å². The molecule has 0 aromatic carbocycles. The molecule has 2 nitrogen and oxygen atoms in total. The van der Waals surface area contributed by atoms with E-state index in [9.17, 15) is 0 Å². The van der Waals surface area contributed by atoms with Crippen LogP contribution in [0.15, 0.2) is 0 Å². The van der Waals surface area contributed by atoms with Gasteiger partial charge in [-0.05, 0) is 43.9 Å². The molecule has 0 spiro atoms. The molecule has 0 saturated heterocycles. The number of rotatable bonds is 3. The molecule has 2 fully saturated rings. The molecule has 100 valence electrons. The fourth-order valence-corrected chi connectivity index (χ4v) is 3.51. The fourth-order valence-electron chi connectivity index (χ4n) is 3.51. The smallest absolute Gasteiger partial charge is 0.0732 e. The molecule has 2 heteroatoms. The summed E-state index contributed by atoms with van der Waals surface area (Å²) in [5.74, 6) is 1.69. The van der Waals surface area contributed by atoms with Crippen molar-refractivity contribution in [2.75, 3.05) is 0 Å². The second kappa shape index (κ2) is 6.19. The predicted molar refractivity (Wildman–Crippen MR) is 71.9 cm³/mol. The Labute approximate surface area is 106 Å². The monoisotopic (exact) mass is 239 g/mol. The highest BCUT2D eigenvalue weighted by molar-refractivity contribution is 4.84. The minimum atomic E-state index is 0.287. The van der Waals surface area contributed by atoms with E-state index in [1.165, 1.54) is 44.9 Å². The van der Waals surface area contributed by atoms with Gasteiger partial charge in [0.05, 0.1) is 12.2 Å². The van der Waals surface area contributed by atoms with Crippen molar-refractivity contribution < 1.29 is 4.74 Å². The van der Waals surface area contributed by atoms with E-state index in [2.05, 4.69) is 13.8 Å². The molecule has 2 saturated carbocycles. The minimum absolute atomic E-state index is 0.287. The molecule has 0 amide bonds. The molecular weight excluding hydrogens is 210 g/mol. The summed E-state index contributed by atoms with van der Waals surface area (Å²) in [4.78, 5) is 0. The van der Waals surface area contributed by atoms with Gasteiger partial charge in [-0.1, -0.05) is 33.1 Å². The number of hydrogen-bond acceptors (Lipinski definition) is 2. The average molecular weight is 239 g/mol. The summed E-state index contributed by atoms with van der Waals surface area (Å²) in [5.41, 5.74) is 6.22. The third-order valence-corrected chi connectivity index (χ3v) is 4.78. The van der Waals surface area contributed by atoms with E-state index < -0.39 is 0 Å². The summed E-state index contributed by atoms with van der Waals surface area (Å²) in [7, 11) is 0. The van der Waals surface area contributed by atoms with Gasteiger partial charge < -0.3 is 10.5 Å². The van der Waals surface area contributed by atoms with Gasteiger partial charge in [0, 0.05) is 6.04 Å². The third-order valence-electron chi connectivity index (χ3n) is 4.78. The van der Waals surface area contributed by atoms with E-state index in [1.807, 2.05) is 0 Å². The first kappa shape index (κ1) is 13.4. The quantitative estimate of drug-likeness (QED) is 0.818. The second-order valence-corrected chi connectivity index (χ2v) is 6.32. The van der Waals surface area contributed by atoms with Crippen LogP contribution >= 0.6 is 0 Å². The summed E-state index contributed by atoms with van der Waals surface area (Å²) in [6.07, 6.45) is 11.0. The van der Waals surface area contributed by atoms with E-state index in [0.717, 1.165) is 18.3 Å². The highest BCUT2D eigenvalue weighted by atomic mass is 16.5. The van der Waals surface area contributed by atoms with Crippen molar-refractivity contribution in [2.45, 2.75) is 83.5 Å². The largest absolute Gasteiger partial charge is 0.373 e. The zero-order valence-electron chi connectivity index (χ0n) is 11.5. The molecular formula is C15H29NO. The maximum absolute atomic E-state index is 6.32. The zero-order chi connectivity index (χ0) is 12.3. The Bertz CT molecular complexity index is 231. The van der Waals surface area contributed by atoms with Crippen LogP contribution in [0.1, 0.15) is 65.2 Å². The van der Waals surface area contributed by atoms with Crippen molar-refractivity contribution in [2.24, 2.45) is 17.6 Å². The van der Waals surface area contributed by atoms with E-state index in [-0.39, 0.29) is 6.04 Å². The lowest BCUT2D eigenvalue weighted by molar-refractivity contribution is -0.0702. The van der Waals surface area contributed by atoms with Crippen LogP contribution < -0.4 is 5.73 Å². The molecule has 0 aromatic heterocycles. The molecule has 2 rings (SSSR count). The van der Waals surface area contributed by atoms with Crippen LogP contribution in [0.3, 0.4) is 0 Å². The molecule has 0 aliphatic heterocycles. The van der Waals surface area contributed by atoms with Crippen molar-refractivity contribution in [1.82, 2.24) is 0 Å². The van der Waals surface area contributed by atoms with Gasteiger partial charge in [-0.2, -0.15) is 0 Å². The zero-order valence-corrected chi connectivity index (χ0v) is 11.5. The van der Waals surface area contributed by atoms with Crippen LogP contribution in [0.5, 0.6) is 0 Å². The maximum atomic E-state index is 6.32. The van der Waals surface area contributed by atoms with Crippen LogP contribution in [0.25, 0.3) is 0 Å². The van der Waals surface area contributed by atoms with Crippen molar-refractivity contribution >= 4 is 0 Å². The summed E-state index contributed by atoms with van der Waals surface area (Å²) in [6.45, 7) is 4.65. The third kappa shape index (κ3) is 3.69. The molecule has 0 aromatic rings. The molecule has 17 heavy (non-hydrogen) atoms. The van der Waals surface area contributed by atoms with Crippen LogP contribution in [-0.4, -0.2) is 18.2 Å². The van der Waals surface area contributed by atoms with Crippen molar-refractivity contribution in [1.29, 1.82) is 0 Å². The molecule has 5 atom stereocenters. The molecule has 0 radical (unpaired) electrons. The number of hydrogen-bond donors (Lipinski definition) is 1. The Morgan fingerprint density at radius 1 is 1.12 bits per heavy atom. The Morgan fingerprint density at radius 3 is 2.65 bits per heavy atom. The van der Waals surface area contributed by atoms with Crippen molar-refractivity contribution in [3.05, 3.63) is 0 Å². The van der Waals surface area contributed by atoms with E-state index in [0.29, 0.717) is 12.2 Å². The summed E-state index contributed by atoms with van der Waals surface area (Å²) < 4.78 is 6.32. The van der Waals surface area contributed by atoms with Gasteiger partial charge in [-0.25, -0.2) is 0 Å². The van der Waals surface area contributed by atoms with E-state index in [4.69, 9.17) is 10.5 Å². The number of nitrogens with two attached hydrogens (primary N) is 1. The summed E-state index contributed by atoms with van der Waals surface area (Å²) in [6, 6.07) is 0.287. The standard InChI is InChI=1S/C15H29NO/c1-3-12-7-8-14(16)15(10-12)17-13-6-4-5-11(2)9-13/h11-15H,3-10,16H2,1-2H3. The molecule has 2 aliphatic carbocycles. The van der Waals surface area contributed by atoms with Gasteiger partial charge in [0.15, 0.2) is 0 Å². The first-order valence-electron chi connectivity index (χ1n) is 7.60. The molecule has 2 aliphatic rings. The van der Waals surface area contributed by atoms with Crippen LogP contribution in [0.2, 0.25) is 0 Å². The SMILES string of the molecule is CCC1CCC(N)C(OC2CCCC(C)C2)C1. The van der Waals surface area contributed by atoms with Crippen LogP contribution in [0.4, 0.5) is 0 Å². The van der Waals surface area contributed by atoms with E-state index in [1.54, 1.807) is 0 Å². The molecule has 5 unspecified atom stereocenters. The lowest BCUT2D eigenvalue weighted by Crippen LogP contribution is -2.44. The lowest BCUT2D eigenvalue weighted by Gasteiger charge is -2.38. The summed E-state index contributed by atoms with van der Waals surface area (Å²) in [5, 5.41) is 0. The maximum Gasteiger partial charge on any atom is 0.0732 e. The highest BCUT2D eigenvalue weighted by Crippen LogP contribution is 2.32. The molecule has 0 bridgehead atoms. The topological polar surface area (TPSA) is 35.2 Å². The van der Waals surface area contributed by atoms with Gasteiger partial charge >= 0.3 is 0 Å². The molecule has 0 heterocycles. The van der Waals surface area contributed by atoms with Gasteiger partial charge in [0.25, 0.3) is 0 Å². The molecule has 2 N–H and O–H groups in total. The Morgan fingerprint density at radius 2 is 1.94 bits per heavy atom. The normalized spacial score (nSPS) is 43.6. The summed E-state index contributed by atoms with van der Waals surface area (Å²) >= 11 is 0. The lowest BCUT2D eigenvalue weighted by atomic mass is 9.82. The number of ether oxygens (including phenoxy) is 1. The average Bonchev–Trinajstić information content (AvgIpc) is 2.32. The van der Waals surface area contributed by atoms with Gasteiger partial charge in [-0.3, -0.25) is 0 Å². The van der Waals surface area contributed by atoms with Crippen molar-refractivity contribution in [3.8, 4) is 0 Å². The fraction of sp³-hybridized carbons (Fsp3) is 1.00. The van der Waals surface area contributed by atoms with E-state index >= 15 is 0 Å². The second-order valence-electron chi connectivity index (χ2n) is 6.32. The first-order chi connectivity index (χ1) is 8.19. The van der Waals surface area contributed by atoms with Gasteiger partial charge in [-0.15, -0.1) is 0 Å². The first-order valence-corrected chi connectivity index (χ1v) is 7.60. The minimum Gasteiger partial charge on any atom is -0.373 e. The predicted octanol–water partition coefficient (Wildman–Crippen LogP) is 3.49. The Kier molecular flexibility index (Phi) is 4.87. The highest BCUT2D eigenvalue weighted by Gasteiger charge is 2.31. The van der Waals surface area contributed by atoms with Crippen LogP contribution in [0, 0.1) is 11.8 Å². The Balaban J connectivity index is 1.83. The van der Waals surface area contributed by atoms with Crippen LogP contribution in [-0.2, 0) is 4.74 Å². The van der Waals surface area contributed by atoms with Gasteiger partial charge in [0.2, 0.25) is 0 Å².